The SMILES string of the molecule is COc1cc(O)cc(-c2ccc3cc(C)ccc3n2)c1. The highest BCUT2D eigenvalue weighted by molar-refractivity contribution is 5.82. The van der Waals surface area contributed by atoms with Crippen LogP contribution in [0.4, 0.5) is 0 Å². The third-order valence-electron chi connectivity index (χ3n) is 3.27. The van der Waals surface area contributed by atoms with E-state index in [1.165, 1.54) is 5.56 Å². The Morgan fingerprint density at radius 3 is 2.65 bits per heavy atom. The molecule has 0 spiro atoms. The predicted octanol–water partition coefficient (Wildman–Crippen LogP) is 3.92. The van der Waals surface area contributed by atoms with Gasteiger partial charge in [-0.05, 0) is 37.3 Å². The number of aromatic hydroxyl groups is 1. The molecule has 0 amide bonds. The summed E-state index contributed by atoms with van der Waals surface area (Å²) in [4.78, 5) is 4.64. The number of benzene rings is 2. The molecule has 1 N–H and O–H groups in total. The number of ether oxygens (including phenoxy) is 1. The first kappa shape index (κ1) is 12.5. The minimum Gasteiger partial charge on any atom is -0.508 e. The highest BCUT2D eigenvalue weighted by Crippen LogP contribution is 2.29. The maximum Gasteiger partial charge on any atom is 0.123 e. The molecule has 2 aromatic carbocycles. The Morgan fingerprint density at radius 2 is 1.85 bits per heavy atom. The summed E-state index contributed by atoms with van der Waals surface area (Å²) in [5, 5.41) is 10.8. The van der Waals surface area contributed by atoms with Gasteiger partial charge < -0.3 is 9.84 Å². The number of phenolic OH excluding ortho intramolecular Hbond substituents is 1. The second-order valence-corrected chi connectivity index (χ2v) is 4.81. The Balaban J connectivity index is 2.14. The first-order chi connectivity index (χ1) is 9.65. The predicted molar refractivity (Wildman–Crippen MR) is 80.1 cm³/mol. The van der Waals surface area contributed by atoms with Crippen molar-refractivity contribution in [2.45, 2.75) is 6.92 Å². The van der Waals surface area contributed by atoms with Crippen molar-refractivity contribution in [3.63, 3.8) is 0 Å². The molecule has 0 aliphatic rings. The van der Waals surface area contributed by atoms with E-state index in [0.29, 0.717) is 5.75 Å². The lowest BCUT2D eigenvalue weighted by molar-refractivity contribution is 0.408. The number of nitrogens with zero attached hydrogens (tertiary/aromatic N) is 1. The van der Waals surface area contributed by atoms with Gasteiger partial charge in [-0.2, -0.15) is 0 Å². The topological polar surface area (TPSA) is 42.4 Å². The van der Waals surface area contributed by atoms with Crippen LogP contribution in [0.15, 0.2) is 48.5 Å². The Morgan fingerprint density at radius 1 is 1.00 bits per heavy atom. The van der Waals surface area contributed by atoms with Gasteiger partial charge in [0.05, 0.1) is 18.3 Å². The lowest BCUT2D eigenvalue weighted by atomic mass is 10.1. The Hall–Kier alpha value is -2.55. The third-order valence-corrected chi connectivity index (χ3v) is 3.27. The summed E-state index contributed by atoms with van der Waals surface area (Å²) in [6.45, 7) is 2.06. The third kappa shape index (κ3) is 2.30. The summed E-state index contributed by atoms with van der Waals surface area (Å²) in [6.07, 6.45) is 0. The van der Waals surface area contributed by atoms with E-state index in [0.717, 1.165) is 22.2 Å². The molecular formula is C17H15NO2. The molecule has 100 valence electrons. The average molecular weight is 265 g/mol. The molecule has 0 aliphatic carbocycles. The summed E-state index contributed by atoms with van der Waals surface area (Å²) in [5.41, 5.74) is 3.81. The first-order valence-corrected chi connectivity index (χ1v) is 6.41. The van der Waals surface area contributed by atoms with Crippen molar-refractivity contribution in [1.82, 2.24) is 4.98 Å². The highest BCUT2D eigenvalue weighted by Gasteiger charge is 2.05. The van der Waals surface area contributed by atoms with Crippen molar-refractivity contribution in [2.24, 2.45) is 0 Å². The summed E-state index contributed by atoms with van der Waals surface area (Å²) in [5.74, 6) is 0.788. The van der Waals surface area contributed by atoms with E-state index >= 15 is 0 Å². The zero-order valence-electron chi connectivity index (χ0n) is 11.4. The molecule has 0 radical (unpaired) electrons. The molecular weight excluding hydrogens is 250 g/mol. The van der Waals surface area contributed by atoms with Crippen LogP contribution in [-0.2, 0) is 0 Å². The minimum absolute atomic E-state index is 0.171. The Kier molecular flexibility index (Phi) is 3.03. The smallest absolute Gasteiger partial charge is 0.123 e. The van der Waals surface area contributed by atoms with Crippen LogP contribution in [0.1, 0.15) is 5.56 Å². The molecule has 3 heteroatoms. The zero-order valence-corrected chi connectivity index (χ0v) is 11.4. The van der Waals surface area contributed by atoms with Crippen LogP contribution in [0.2, 0.25) is 0 Å². The number of aryl methyl sites for hydroxylation is 1. The summed E-state index contributed by atoms with van der Waals surface area (Å²) >= 11 is 0. The van der Waals surface area contributed by atoms with Gasteiger partial charge >= 0.3 is 0 Å². The van der Waals surface area contributed by atoms with E-state index in [9.17, 15) is 5.11 Å². The Bertz CT molecular complexity index is 781. The molecule has 1 aromatic heterocycles. The van der Waals surface area contributed by atoms with E-state index in [1.54, 1.807) is 19.2 Å². The summed E-state index contributed by atoms with van der Waals surface area (Å²) < 4.78 is 5.17. The fourth-order valence-corrected chi connectivity index (χ4v) is 2.25. The van der Waals surface area contributed by atoms with Gasteiger partial charge in [0.25, 0.3) is 0 Å². The zero-order chi connectivity index (χ0) is 14.1. The molecule has 0 atom stereocenters. The van der Waals surface area contributed by atoms with Crippen molar-refractivity contribution in [1.29, 1.82) is 0 Å². The second-order valence-electron chi connectivity index (χ2n) is 4.81. The molecule has 0 fully saturated rings. The van der Waals surface area contributed by atoms with Crippen LogP contribution in [0.3, 0.4) is 0 Å². The van der Waals surface area contributed by atoms with Crippen LogP contribution in [0, 0.1) is 6.92 Å². The number of aromatic nitrogens is 1. The molecule has 1 heterocycles. The van der Waals surface area contributed by atoms with Gasteiger partial charge in [-0.15, -0.1) is 0 Å². The van der Waals surface area contributed by atoms with Gasteiger partial charge in [0.15, 0.2) is 0 Å². The van der Waals surface area contributed by atoms with Crippen LogP contribution >= 0.6 is 0 Å². The van der Waals surface area contributed by atoms with Crippen molar-refractivity contribution >= 4 is 10.9 Å². The quantitative estimate of drug-likeness (QED) is 0.763. The number of pyridine rings is 1. The van der Waals surface area contributed by atoms with Gasteiger partial charge in [-0.3, -0.25) is 0 Å². The Labute approximate surface area is 117 Å². The van der Waals surface area contributed by atoms with Crippen LogP contribution in [0.25, 0.3) is 22.2 Å². The lowest BCUT2D eigenvalue weighted by Gasteiger charge is -2.07. The fraction of sp³-hybridized carbons (Fsp3) is 0.118. The van der Waals surface area contributed by atoms with Gasteiger partial charge in [0.1, 0.15) is 11.5 Å². The van der Waals surface area contributed by atoms with Gasteiger partial charge in [-0.25, -0.2) is 4.98 Å². The first-order valence-electron chi connectivity index (χ1n) is 6.41. The van der Waals surface area contributed by atoms with Gasteiger partial charge in [-0.1, -0.05) is 17.7 Å². The van der Waals surface area contributed by atoms with Crippen molar-refractivity contribution < 1.29 is 9.84 Å². The molecule has 0 aliphatic heterocycles. The van der Waals surface area contributed by atoms with Gasteiger partial charge in [0, 0.05) is 17.0 Å². The number of phenols is 1. The molecule has 0 saturated heterocycles. The van der Waals surface area contributed by atoms with Crippen molar-refractivity contribution in [3.05, 3.63) is 54.1 Å². The molecule has 3 aromatic rings. The lowest BCUT2D eigenvalue weighted by Crippen LogP contribution is -1.88. The molecule has 3 rings (SSSR count). The second kappa shape index (κ2) is 4.85. The normalized spacial score (nSPS) is 10.7. The highest BCUT2D eigenvalue weighted by atomic mass is 16.5. The average Bonchev–Trinajstić information content (AvgIpc) is 2.46. The number of fused-ring (bicyclic) bond motifs is 1. The number of hydrogen-bond acceptors (Lipinski definition) is 3. The van der Waals surface area contributed by atoms with E-state index in [-0.39, 0.29) is 5.75 Å². The van der Waals surface area contributed by atoms with E-state index < -0.39 is 0 Å². The van der Waals surface area contributed by atoms with E-state index in [2.05, 4.69) is 18.0 Å². The largest absolute Gasteiger partial charge is 0.508 e. The van der Waals surface area contributed by atoms with Crippen LogP contribution < -0.4 is 4.74 Å². The van der Waals surface area contributed by atoms with Gasteiger partial charge in [0.2, 0.25) is 0 Å². The minimum atomic E-state index is 0.171. The van der Waals surface area contributed by atoms with Crippen molar-refractivity contribution in [2.75, 3.05) is 7.11 Å². The van der Waals surface area contributed by atoms with E-state index in [1.807, 2.05) is 30.3 Å². The molecule has 0 bridgehead atoms. The van der Waals surface area contributed by atoms with Crippen LogP contribution in [-0.4, -0.2) is 17.2 Å². The molecule has 3 nitrogen and oxygen atoms in total. The van der Waals surface area contributed by atoms with Crippen LogP contribution in [0.5, 0.6) is 11.5 Å². The standard InChI is InChI=1S/C17H15NO2/c1-11-3-5-16-12(7-11)4-6-17(18-16)13-8-14(19)10-15(9-13)20-2/h3-10,19H,1-2H3. The maximum atomic E-state index is 9.73. The monoisotopic (exact) mass is 265 g/mol. The summed E-state index contributed by atoms with van der Waals surface area (Å²) in [6, 6.07) is 15.3. The summed E-state index contributed by atoms with van der Waals surface area (Å²) in [7, 11) is 1.58. The molecule has 20 heavy (non-hydrogen) atoms. The number of hydrogen-bond donors (Lipinski definition) is 1. The number of rotatable bonds is 2. The number of methoxy groups -OCH3 is 1. The molecule has 0 unspecified atom stereocenters. The van der Waals surface area contributed by atoms with E-state index in [4.69, 9.17) is 4.74 Å². The van der Waals surface area contributed by atoms with Crippen molar-refractivity contribution in [3.8, 4) is 22.8 Å². The fourth-order valence-electron chi connectivity index (χ4n) is 2.25. The maximum absolute atomic E-state index is 9.73. The molecule has 0 saturated carbocycles.